The monoisotopic (exact) mass is 1060 g/mol. The second-order valence-corrected chi connectivity index (χ2v) is 20.5. The zero-order valence-electron chi connectivity index (χ0n) is 43.5. The summed E-state index contributed by atoms with van der Waals surface area (Å²) in [5.74, 6) is 20.1. The Morgan fingerprint density at radius 2 is 0.696 bits per heavy atom. The Hall–Kier alpha value is -9.00. The van der Waals surface area contributed by atoms with Crippen molar-refractivity contribution in [3.63, 3.8) is 0 Å². The van der Waals surface area contributed by atoms with Gasteiger partial charge in [-0.25, -0.2) is 43.1 Å². The van der Waals surface area contributed by atoms with Crippen molar-refractivity contribution in [3.8, 4) is 35.5 Å². The Morgan fingerprint density at radius 3 is 0.962 bits per heavy atom. The maximum atomic E-state index is 14.3. The Morgan fingerprint density at radius 1 is 0.405 bits per heavy atom. The minimum absolute atomic E-state index is 0. The van der Waals surface area contributed by atoms with Crippen molar-refractivity contribution < 1.29 is 13.2 Å². The van der Waals surface area contributed by atoms with Crippen molar-refractivity contribution in [2.75, 3.05) is 0 Å². The number of pyridine rings is 3. The first-order chi connectivity index (χ1) is 37.6. The Balaban J connectivity index is 0.000000143. The predicted octanol–water partition coefficient (Wildman–Crippen LogP) is 10.4. The van der Waals surface area contributed by atoms with E-state index in [0.717, 1.165) is 16.7 Å². The summed E-state index contributed by atoms with van der Waals surface area (Å²) in [5.41, 5.74) is 2.09. The number of hydrogen-bond acceptors (Lipinski definition) is 9. The van der Waals surface area contributed by atoms with Crippen LogP contribution in [0, 0.1) is 35.5 Å². The number of fused-ring (bicyclic) bond motifs is 6. The fourth-order valence-corrected chi connectivity index (χ4v) is 9.54. The SMILES string of the molecule is C.CC1(F)CCc2nc3cc(C#Cc4ccccn4)ccc3c(=O)n2CC1.CC1(F)CCc2nc3cc(C#Cc4ccccn4)ccc3c(=O)n2CC1.CC1(F)CCc2nc3cc(C#Cc4ccccn4)ccc3c(=O)n2CC1. The van der Waals surface area contributed by atoms with Crippen molar-refractivity contribution in [1.82, 2.24) is 43.6 Å². The molecule has 0 aliphatic carbocycles. The van der Waals surface area contributed by atoms with Gasteiger partial charge in [0, 0.05) is 74.2 Å². The molecule has 0 spiro atoms. The van der Waals surface area contributed by atoms with E-state index in [-0.39, 0.29) is 24.1 Å². The number of benzene rings is 3. The molecule has 0 amide bonds. The summed E-state index contributed by atoms with van der Waals surface area (Å²) in [6.07, 6.45) is 8.61. The van der Waals surface area contributed by atoms with Crippen LogP contribution in [-0.4, -0.2) is 60.6 Å². The Labute approximate surface area is 455 Å². The largest absolute Gasteiger partial charge is 0.296 e. The second kappa shape index (κ2) is 23.3. The topological polar surface area (TPSA) is 143 Å². The van der Waals surface area contributed by atoms with Crippen LogP contribution in [0.5, 0.6) is 0 Å². The normalized spacial score (nSPS) is 19.1. The van der Waals surface area contributed by atoms with Crippen molar-refractivity contribution in [3.05, 3.63) is 210 Å². The highest BCUT2D eigenvalue weighted by molar-refractivity contribution is 5.81. The van der Waals surface area contributed by atoms with Crippen LogP contribution in [0.25, 0.3) is 32.7 Å². The molecule has 0 bridgehead atoms. The van der Waals surface area contributed by atoms with Gasteiger partial charge in [-0.05, 0) is 168 Å². The van der Waals surface area contributed by atoms with Crippen LogP contribution in [0.3, 0.4) is 0 Å². The van der Waals surface area contributed by atoms with Crippen LogP contribution in [0.2, 0.25) is 0 Å². The molecule has 0 fully saturated rings. The van der Waals surface area contributed by atoms with Crippen molar-refractivity contribution in [2.45, 2.75) is 123 Å². The summed E-state index contributed by atoms with van der Waals surface area (Å²) in [4.78, 5) is 64.8. The molecule has 12 rings (SSSR count). The van der Waals surface area contributed by atoms with Gasteiger partial charge in [0.25, 0.3) is 16.7 Å². The van der Waals surface area contributed by atoms with Gasteiger partial charge in [0.05, 0.1) is 32.7 Å². The smallest absolute Gasteiger partial charge is 0.261 e. The van der Waals surface area contributed by atoms with Gasteiger partial charge in [-0.1, -0.05) is 43.4 Å². The molecule has 79 heavy (non-hydrogen) atoms. The molecule has 12 nitrogen and oxygen atoms in total. The average Bonchev–Trinajstić information content (AvgIpc) is 4.00. The summed E-state index contributed by atoms with van der Waals surface area (Å²) >= 11 is 0. The lowest BCUT2D eigenvalue weighted by Gasteiger charge is -2.15. The van der Waals surface area contributed by atoms with E-state index in [1.165, 1.54) is 0 Å². The van der Waals surface area contributed by atoms with E-state index >= 15 is 0 Å². The second-order valence-electron chi connectivity index (χ2n) is 20.5. The molecule has 6 aromatic heterocycles. The molecule has 3 aliphatic rings. The maximum absolute atomic E-state index is 14.3. The summed E-state index contributed by atoms with van der Waals surface area (Å²) in [6, 6.07) is 32.8. The summed E-state index contributed by atoms with van der Waals surface area (Å²) in [6.45, 7) is 5.88. The summed E-state index contributed by atoms with van der Waals surface area (Å²) < 4.78 is 47.9. The number of rotatable bonds is 0. The van der Waals surface area contributed by atoms with E-state index in [0.29, 0.717) is 145 Å². The molecule has 0 saturated carbocycles. The lowest BCUT2D eigenvalue weighted by atomic mass is 10.00. The van der Waals surface area contributed by atoms with Crippen LogP contribution in [-0.2, 0) is 38.9 Å². The minimum atomic E-state index is -1.26. The lowest BCUT2D eigenvalue weighted by molar-refractivity contribution is 0.161. The van der Waals surface area contributed by atoms with E-state index in [9.17, 15) is 27.6 Å². The molecule has 398 valence electrons. The first-order valence-corrected chi connectivity index (χ1v) is 26.0. The van der Waals surface area contributed by atoms with Crippen molar-refractivity contribution in [1.29, 1.82) is 0 Å². The predicted molar refractivity (Wildman–Crippen MR) is 303 cm³/mol. The van der Waals surface area contributed by atoms with E-state index in [1.807, 2.05) is 91.0 Å². The van der Waals surface area contributed by atoms with Gasteiger partial charge in [0.1, 0.15) is 51.6 Å². The third-order valence-corrected chi connectivity index (χ3v) is 14.3. The van der Waals surface area contributed by atoms with Gasteiger partial charge in [-0.15, -0.1) is 0 Å². The standard InChI is InChI=1S/3C21H18FN3O.CH4/c3*1-21(22)10-9-19-24-18-14-15(5-7-16-4-2-3-12-23-16)6-8-17(18)20(26)25(19)13-11-21;/h3*2-4,6,8,12,14H,9-11,13H2,1H3;1H4. The van der Waals surface area contributed by atoms with Crippen LogP contribution in [0.1, 0.15) is 118 Å². The molecule has 3 atom stereocenters. The Bertz CT molecular complexity index is 3700. The maximum Gasteiger partial charge on any atom is 0.261 e. The zero-order valence-corrected chi connectivity index (χ0v) is 43.5. The molecule has 15 heteroatoms. The average molecular weight is 1060 g/mol. The van der Waals surface area contributed by atoms with E-state index in [4.69, 9.17) is 0 Å². The summed E-state index contributed by atoms with van der Waals surface area (Å²) in [5, 5.41) is 1.62. The van der Waals surface area contributed by atoms with Crippen LogP contribution in [0.15, 0.2) is 142 Å². The minimum Gasteiger partial charge on any atom is -0.296 e. The zero-order chi connectivity index (χ0) is 54.4. The number of alkyl halides is 3. The number of nitrogens with zero attached hydrogens (tertiary/aromatic N) is 9. The van der Waals surface area contributed by atoms with Gasteiger partial charge in [-0.3, -0.25) is 28.1 Å². The molecule has 9 aromatic rings. The number of aromatic nitrogens is 9. The third kappa shape index (κ3) is 13.2. The fraction of sp³-hybridized carbons (Fsp3) is 0.297. The van der Waals surface area contributed by atoms with Crippen molar-refractivity contribution >= 4 is 32.7 Å². The third-order valence-electron chi connectivity index (χ3n) is 14.3. The Kier molecular flexibility index (Phi) is 16.2. The van der Waals surface area contributed by atoms with Gasteiger partial charge in [-0.2, -0.15) is 0 Å². The van der Waals surface area contributed by atoms with Crippen molar-refractivity contribution in [2.24, 2.45) is 0 Å². The van der Waals surface area contributed by atoms with E-state index in [1.54, 1.807) is 71.3 Å². The van der Waals surface area contributed by atoms with Gasteiger partial charge in [0.2, 0.25) is 0 Å². The molecule has 9 heterocycles. The summed E-state index contributed by atoms with van der Waals surface area (Å²) in [7, 11) is 0. The van der Waals surface area contributed by atoms with Crippen LogP contribution < -0.4 is 16.7 Å². The number of hydrogen-bond donors (Lipinski definition) is 0. The highest BCUT2D eigenvalue weighted by atomic mass is 19.2. The highest BCUT2D eigenvalue weighted by Gasteiger charge is 2.30. The lowest BCUT2D eigenvalue weighted by Crippen LogP contribution is -2.25. The van der Waals surface area contributed by atoms with Gasteiger partial charge >= 0.3 is 0 Å². The van der Waals surface area contributed by atoms with Gasteiger partial charge in [0.15, 0.2) is 0 Å². The first-order valence-electron chi connectivity index (χ1n) is 26.0. The molecule has 0 saturated heterocycles. The molecule has 0 N–H and O–H groups in total. The molecular weight excluding hydrogens is 1000 g/mol. The fourth-order valence-electron chi connectivity index (χ4n) is 9.54. The first kappa shape index (κ1) is 54.8. The van der Waals surface area contributed by atoms with Gasteiger partial charge < -0.3 is 0 Å². The number of aryl methyl sites for hydroxylation is 3. The molecule has 3 aliphatic heterocycles. The van der Waals surface area contributed by atoms with Crippen LogP contribution >= 0.6 is 0 Å². The quantitative estimate of drug-likeness (QED) is 0.136. The molecule has 3 unspecified atom stereocenters. The van der Waals surface area contributed by atoms with E-state index < -0.39 is 17.0 Å². The van der Waals surface area contributed by atoms with E-state index in [2.05, 4.69) is 65.4 Å². The molecular formula is C64H58F3N9O3. The highest BCUT2D eigenvalue weighted by Crippen LogP contribution is 2.29. The molecule has 3 aromatic carbocycles. The number of halogens is 3. The van der Waals surface area contributed by atoms with Crippen LogP contribution in [0.4, 0.5) is 13.2 Å². The molecule has 0 radical (unpaired) electrons.